The van der Waals surface area contributed by atoms with Crippen LogP contribution in [0.5, 0.6) is 0 Å². The molecule has 2 fully saturated rings. The van der Waals surface area contributed by atoms with Gasteiger partial charge in [0, 0.05) is 37.7 Å². The van der Waals surface area contributed by atoms with Crippen LogP contribution < -0.4 is 9.80 Å². The van der Waals surface area contributed by atoms with Crippen LogP contribution in [0.25, 0.3) is 0 Å². The zero-order valence-corrected chi connectivity index (χ0v) is 12.5. The summed E-state index contributed by atoms with van der Waals surface area (Å²) in [6.45, 7) is 3.36. The summed E-state index contributed by atoms with van der Waals surface area (Å²) in [6.07, 6.45) is -3.62. The Labute approximate surface area is 130 Å². The standard InChI is InChI=1S/C14H17F3N4O2/c1-8-2-3-21(8)13-18-10(14(15,16)17)5-11(19-13)20-6-9(7-20)4-12(22)23/h5,8-9H,2-4,6-7H2,1H3,(H,22,23). The number of aliphatic carboxylic acids is 1. The van der Waals surface area contributed by atoms with Crippen LogP contribution in [0.15, 0.2) is 6.07 Å². The summed E-state index contributed by atoms with van der Waals surface area (Å²) in [5.41, 5.74) is -0.960. The van der Waals surface area contributed by atoms with Crippen LogP contribution >= 0.6 is 0 Å². The largest absolute Gasteiger partial charge is 0.481 e. The lowest BCUT2D eigenvalue weighted by Crippen LogP contribution is -2.49. The van der Waals surface area contributed by atoms with Crippen LogP contribution in [0.4, 0.5) is 24.9 Å². The Bertz CT molecular complexity index is 617. The van der Waals surface area contributed by atoms with E-state index in [9.17, 15) is 18.0 Å². The maximum absolute atomic E-state index is 13.1. The molecule has 1 aromatic rings. The van der Waals surface area contributed by atoms with E-state index in [4.69, 9.17) is 5.11 Å². The first-order valence-electron chi connectivity index (χ1n) is 7.43. The summed E-state index contributed by atoms with van der Waals surface area (Å²) in [7, 11) is 0. The highest BCUT2D eigenvalue weighted by Gasteiger charge is 2.38. The van der Waals surface area contributed by atoms with Crippen molar-refractivity contribution in [2.75, 3.05) is 29.4 Å². The predicted octanol–water partition coefficient (Wildman–Crippen LogP) is 2.00. The number of nitrogens with zero attached hydrogens (tertiary/aromatic N) is 4. The maximum Gasteiger partial charge on any atom is 0.433 e. The molecule has 0 radical (unpaired) electrons. The molecule has 1 unspecified atom stereocenters. The molecule has 0 spiro atoms. The van der Waals surface area contributed by atoms with E-state index in [1.165, 1.54) is 0 Å². The van der Waals surface area contributed by atoms with Gasteiger partial charge in [-0.05, 0) is 13.3 Å². The molecule has 3 heterocycles. The number of hydrogen-bond donors (Lipinski definition) is 1. The minimum atomic E-state index is -4.54. The van der Waals surface area contributed by atoms with Gasteiger partial charge in [0.1, 0.15) is 5.82 Å². The molecule has 3 rings (SSSR count). The molecular formula is C14H17F3N4O2. The lowest BCUT2D eigenvalue weighted by Gasteiger charge is -2.42. The normalized spacial score (nSPS) is 21.8. The Morgan fingerprint density at radius 2 is 2.09 bits per heavy atom. The van der Waals surface area contributed by atoms with E-state index < -0.39 is 17.8 Å². The third kappa shape index (κ3) is 3.18. The highest BCUT2D eigenvalue weighted by atomic mass is 19.4. The van der Waals surface area contributed by atoms with Gasteiger partial charge in [0.25, 0.3) is 0 Å². The van der Waals surface area contributed by atoms with Gasteiger partial charge in [-0.3, -0.25) is 4.79 Å². The number of hydrogen-bond acceptors (Lipinski definition) is 5. The van der Waals surface area contributed by atoms with Gasteiger partial charge in [-0.15, -0.1) is 0 Å². The van der Waals surface area contributed by atoms with Crippen LogP contribution in [0.2, 0.25) is 0 Å². The van der Waals surface area contributed by atoms with Crippen molar-refractivity contribution < 1.29 is 23.1 Å². The van der Waals surface area contributed by atoms with E-state index in [0.29, 0.717) is 19.6 Å². The predicted molar refractivity (Wildman–Crippen MR) is 76.4 cm³/mol. The molecule has 1 N–H and O–H groups in total. The molecule has 2 saturated heterocycles. The molecule has 23 heavy (non-hydrogen) atoms. The third-order valence-corrected chi connectivity index (χ3v) is 4.31. The molecule has 2 aliphatic rings. The number of aromatic nitrogens is 2. The molecule has 0 amide bonds. The quantitative estimate of drug-likeness (QED) is 0.911. The molecule has 1 atom stereocenters. The van der Waals surface area contributed by atoms with Crippen LogP contribution in [-0.4, -0.2) is 46.7 Å². The number of carboxylic acid groups (broad SMARTS) is 1. The molecule has 1 aromatic heterocycles. The summed E-state index contributed by atoms with van der Waals surface area (Å²) in [5.74, 6) is -0.648. The van der Waals surface area contributed by atoms with Crippen molar-refractivity contribution in [1.82, 2.24) is 9.97 Å². The molecule has 6 nitrogen and oxygen atoms in total. The van der Waals surface area contributed by atoms with Crippen molar-refractivity contribution in [3.63, 3.8) is 0 Å². The van der Waals surface area contributed by atoms with Gasteiger partial charge in [-0.2, -0.15) is 18.2 Å². The van der Waals surface area contributed by atoms with Gasteiger partial charge >= 0.3 is 12.1 Å². The molecule has 0 aromatic carbocycles. The smallest absolute Gasteiger partial charge is 0.433 e. The Balaban J connectivity index is 1.82. The average Bonchev–Trinajstić information content (AvgIpc) is 2.39. The maximum atomic E-state index is 13.1. The second-order valence-corrected chi connectivity index (χ2v) is 6.11. The minimum absolute atomic E-state index is 0.0176. The first kappa shape index (κ1) is 15.8. The van der Waals surface area contributed by atoms with Gasteiger partial charge in [0.2, 0.25) is 5.95 Å². The lowest BCUT2D eigenvalue weighted by molar-refractivity contribution is -0.141. The van der Waals surface area contributed by atoms with E-state index >= 15 is 0 Å². The summed E-state index contributed by atoms with van der Waals surface area (Å²) in [5, 5.41) is 8.74. The summed E-state index contributed by atoms with van der Waals surface area (Å²) >= 11 is 0. The number of anilines is 2. The van der Waals surface area contributed by atoms with Crippen LogP contribution in [-0.2, 0) is 11.0 Å². The van der Waals surface area contributed by atoms with Crippen molar-refractivity contribution >= 4 is 17.7 Å². The number of carboxylic acids is 1. The van der Waals surface area contributed by atoms with Crippen molar-refractivity contribution in [3.05, 3.63) is 11.8 Å². The Hall–Kier alpha value is -2.06. The monoisotopic (exact) mass is 330 g/mol. The summed E-state index contributed by atoms with van der Waals surface area (Å²) in [6, 6.07) is 1.06. The first-order valence-corrected chi connectivity index (χ1v) is 7.43. The zero-order chi connectivity index (χ0) is 16.8. The SMILES string of the molecule is CC1CCN1c1nc(N2CC(CC(=O)O)C2)cc(C(F)(F)F)n1. The third-order valence-electron chi connectivity index (χ3n) is 4.31. The van der Waals surface area contributed by atoms with Crippen molar-refractivity contribution in [2.45, 2.75) is 32.0 Å². The Morgan fingerprint density at radius 1 is 1.39 bits per heavy atom. The summed E-state index contributed by atoms with van der Waals surface area (Å²) < 4.78 is 39.2. The molecule has 0 aliphatic carbocycles. The lowest BCUT2D eigenvalue weighted by atomic mass is 9.96. The Kier molecular flexibility index (Phi) is 3.81. The average molecular weight is 330 g/mol. The fraction of sp³-hybridized carbons (Fsp3) is 0.643. The van der Waals surface area contributed by atoms with E-state index in [1.54, 1.807) is 9.80 Å². The van der Waals surface area contributed by atoms with Crippen LogP contribution in [0.3, 0.4) is 0 Å². The minimum Gasteiger partial charge on any atom is -0.481 e. The molecular weight excluding hydrogens is 313 g/mol. The van der Waals surface area contributed by atoms with Crippen LogP contribution in [0.1, 0.15) is 25.5 Å². The number of rotatable bonds is 4. The van der Waals surface area contributed by atoms with Gasteiger partial charge in [0.05, 0.1) is 6.42 Å². The number of alkyl halides is 3. The van der Waals surface area contributed by atoms with Gasteiger partial charge in [-0.1, -0.05) is 0 Å². The number of halogens is 3. The Morgan fingerprint density at radius 3 is 2.57 bits per heavy atom. The molecule has 2 aliphatic heterocycles. The van der Waals surface area contributed by atoms with Crippen LogP contribution in [0, 0.1) is 5.92 Å². The van der Waals surface area contributed by atoms with E-state index in [0.717, 1.165) is 12.5 Å². The summed E-state index contributed by atoms with van der Waals surface area (Å²) in [4.78, 5) is 22.0. The number of carbonyl (C=O) groups is 1. The highest BCUT2D eigenvalue weighted by Crippen LogP contribution is 2.35. The fourth-order valence-electron chi connectivity index (χ4n) is 2.80. The van der Waals surface area contributed by atoms with Crippen molar-refractivity contribution in [3.8, 4) is 0 Å². The highest BCUT2D eigenvalue weighted by molar-refractivity contribution is 5.67. The second kappa shape index (κ2) is 5.54. The van der Waals surface area contributed by atoms with Crippen molar-refractivity contribution in [2.24, 2.45) is 5.92 Å². The van der Waals surface area contributed by atoms with Gasteiger partial charge in [-0.25, -0.2) is 4.98 Å². The topological polar surface area (TPSA) is 69.6 Å². The molecule has 0 saturated carbocycles. The van der Waals surface area contributed by atoms with E-state index in [2.05, 4.69) is 9.97 Å². The van der Waals surface area contributed by atoms with Gasteiger partial charge in [0.15, 0.2) is 5.69 Å². The molecule has 0 bridgehead atoms. The first-order chi connectivity index (χ1) is 10.7. The zero-order valence-electron chi connectivity index (χ0n) is 12.5. The fourth-order valence-corrected chi connectivity index (χ4v) is 2.80. The molecule has 9 heteroatoms. The van der Waals surface area contributed by atoms with Crippen molar-refractivity contribution in [1.29, 1.82) is 0 Å². The van der Waals surface area contributed by atoms with E-state index in [1.807, 2.05) is 6.92 Å². The van der Waals surface area contributed by atoms with Gasteiger partial charge < -0.3 is 14.9 Å². The van der Waals surface area contributed by atoms with E-state index in [-0.39, 0.29) is 30.1 Å². The second-order valence-electron chi connectivity index (χ2n) is 6.11. The molecule has 126 valence electrons.